The van der Waals surface area contributed by atoms with Crippen molar-refractivity contribution in [3.8, 4) is 5.75 Å². The second-order valence-corrected chi connectivity index (χ2v) is 6.29. The first-order valence-electron chi connectivity index (χ1n) is 7.61. The Morgan fingerprint density at radius 1 is 1.00 bits per heavy atom. The molecule has 0 bridgehead atoms. The third-order valence-corrected chi connectivity index (χ3v) is 4.46. The predicted octanol–water partition coefficient (Wildman–Crippen LogP) is 4.04. The molecule has 0 radical (unpaired) electrons. The van der Waals surface area contributed by atoms with Crippen LogP contribution in [0.15, 0.2) is 46.9 Å². The molecule has 0 fully saturated rings. The summed E-state index contributed by atoms with van der Waals surface area (Å²) in [6.45, 7) is 0.745. The van der Waals surface area contributed by atoms with Crippen LogP contribution in [0.2, 0.25) is 0 Å². The number of ether oxygens (including phenoxy) is 1. The summed E-state index contributed by atoms with van der Waals surface area (Å²) in [6.07, 6.45) is 1.29. The van der Waals surface area contributed by atoms with Crippen LogP contribution >= 0.6 is 15.9 Å². The van der Waals surface area contributed by atoms with Crippen molar-refractivity contribution >= 4 is 27.7 Å². The highest BCUT2D eigenvalue weighted by atomic mass is 79.9. The van der Waals surface area contributed by atoms with E-state index >= 15 is 0 Å². The van der Waals surface area contributed by atoms with Crippen LogP contribution in [0.5, 0.6) is 5.75 Å². The summed E-state index contributed by atoms with van der Waals surface area (Å²) in [6, 6.07) is 11.4. The molecule has 2 aromatic rings. The number of fused-ring (bicyclic) bond motifs is 1. The molecule has 1 aliphatic heterocycles. The molecule has 0 N–H and O–H groups in total. The zero-order valence-corrected chi connectivity index (χ0v) is 14.4. The summed E-state index contributed by atoms with van der Waals surface area (Å²) >= 11 is 3.08. The molecule has 1 aliphatic rings. The summed E-state index contributed by atoms with van der Waals surface area (Å²) < 4.78 is 19.2. The fraction of sp³-hybridized carbons (Fsp3) is 0.222. The summed E-state index contributed by atoms with van der Waals surface area (Å²) in [5.41, 5.74) is 0.924. The summed E-state index contributed by atoms with van der Waals surface area (Å²) in [5, 5.41) is 0. The van der Waals surface area contributed by atoms with E-state index in [4.69, 9.17) is 4.74 Å². The SMILES string of the molecule is O=C1c2ccccc2C(=O)N1CCCCOc1ccc(Br)c(F)c1. The largest absolute Gasteiger partial charge is 0.493 e. The molecule has 0 unspecified atom stereocenters. The molecule has 2 amide bonds. The molecule has 0 aromatic heterocycles. The molecule has 0 atom stereocenters. The molecular weight excluding hydrogens is 377 g/mol. The number of imide groups is 1. The number of benzene rings is 2. The minimum Gasteiger partial charge on any atom is -0.493 e. The van der Waals surface area contributed by atoms with E-state index in [0.717, 1.165) is 0 Å². The van der Waals surface area contributed by atoms with Crippen LogP contribution in [0.25, 0.3) is 0 Å². The number of hydrogen-bond donors (Lipinski definition) is 0. The molecule has 1 heterocycles. The predicted molar refractivity (Wildman–Crippen MR) is 90.6 cm³/mol. The van der Waals surface area contributed by atoms with Gasteiger partial charge in [0.2, 0.25) is 0 Å². The van der Waals surface area contributed by atoms with Crippen LogP contribution in [0.3, 0.4) is 0 Å². The van der Waals surface area contributed by atoms with Crippen molar-refractivity contribution in [2.75, 3.05) is 13.2 Å². The number of unbranched alkanes of at least 4 members (excludes halogenated alkanes) is 1. The van der Waals surface area contributed by atoms with E-state index in [1.165, 1.54) is 11.0 Å². The first kappa shape index (κ1) is 16.6. The van der Waals surface area contributed by atoms with Crippen LogP contribution < -0.4 is 4.74 Å². The number of rotatable bonds is 6. The Kier molecular flexibility index (Phi) is 4.94. The first-order chi connectivity index (χ1) is 11.6. The van der Waals surface area contributed by atoms with E-state index in [0.29, 0.717) is 47.3 Å². The van der Waals surface area contributed by atoms with E-state index < -0.39 is 0 Å². The lowest BCUT2D eigenvalue weighted by molar-refractivity contribution is 0.0649. The van der Waals surface area contributed by atoms with E-state index in [1.54, 1.807) is 36.4 Å². The summed E-state index contributed by atoms with van der Waals surface area (Å²) in [4.78, 5) is 25.6. The van der Waals surface area contributed by atoms with Gasteiger partial charge in [-0.05, 0) is 53.0 Å². The standard InChI is InChI=1S/C18H15BrFNO3/c19-15-8-7-12(11-16(15)20)24-10-4-3-9-21-17(22)13-5-1-2-6-14(13)18(21)23/h1-2,5-8,11H,3-4,9-10H2. The maximum Gasteiger partial charge on any atom is 0.261 e. The Labute approximate surface area is 147 Å². The van der Waals surface area contributed by atoms with Crippen molar-refractivity contribution < 1.29 is 18.7 Å². The van der Waals surface area contributed by atoms with Gasteiger partial charge in [-0.3, -0.25) is 14.5 Å². The Balaban J connectivity index is 1.47. The fourth-order valence-corrected chi connectivity index (χ4v) is 2.82. The smallest absolute Gasteiger partial charge is 0.261 e. The second-order valence-electron chi connectivity index (χ2n) is 5.44. The minimum absolute atomic E-state index is 0.244. The number of carbonyl (C=O) groups excluding carboxylic acids is 2. The molecule has 0 spiro atoms. The monoisotopic (exact) mass is 391 g/mol. The Morgan fingerprint density at radius 3 is 2.29 bits per heavy atom. The fourth-order valence-electron chi connectivity index (χ4n) is 2.57. The van der Waals surface area contributed by atoms with Crippen molar-refractivity contribution in [2.24, 2.45) is 0 Å². The minimum atomic E-state index is -0.376. The summed E-state index contributed by atoms with van der Waals surface area (Å²) in [5.74, 6) is -0.409. The molecule has 2 aromatic carbocycles. The highest BCUT2D eigenvalue weighted by Crippen LogP contribution is 2.23. The number of nitrogens with zero attached hydrogens (tertiary/aromatic N) is 1. The molecule has 0 saturated carbocycles. The average molecular weight is 392 g/mol. The van der Waals surface area contributed by atoms with Gasteiger partial charge in [-0.2, -0.15) is 0 Å². The van der Waals surface area contributed by atoms with Crippen LogP contribution in [0.1, 0.15) is 33.6 Å². The van der Waals surface area contributed by atoms with Gasteiger partial charge in [-0.25, -0.2) is 4.39 Å². The molecular formula is C18H15BrFNO3. The number of hydrogen-bond acceptors (Lipinski definition) is 3. The van der Waals surface area contributed by atoms with Gasteiger partial charge in [0.15, 0.2) is 0 Å². The first-order valence-corrected chi connectivity index (χ1v) is 8.40. The molecule has 3 rings (SSSR count). The third-order valence-electron chi connectivity index (χ3n) is 3.81. The van der Waals surface area contributed by atoms with Gasteiger partial charge in [-0.1, -0.05) is 12.1 Å². The third kappa shape index (κ3) is 3.33. The van der Waals surface area contributed by atoms with Crippen LogP contribution in [0.4, 0.5) is 4.39 Å². The Bertz CT molecular complexity index is 759. The van der Waals surface area contributed by atoms with Crippen molar-refractivity contribution in [1.29, 1.82) is 0 Å². The number of carbonyl (C=O) groups is 2. The molecule has 124 valence electrons. The zero-order valence-electron chi connectivity index (χ0n) is 12.8. The number of halogens is 2. The normalized spacial score (nSPS) is 13.3. The highest BCUT2D eigenvalue weighted by molar-refractivity contribution is 9.10. The highest BCUT2D eigenvalue weighted by Gasteiger charge is 2.34. The molecule has 4 nitrogen and oxygen atoms in total. The molecule has 6 heteroatoms. The molecule has 0 saturated heterocycles. The van der Waals surface area contributed by atoms with E-state index in [1.807, 2.05) is 0 Å². The second kappa shape index (κ2) is 7.13. The molecule has 24 heavy (non-hydrogen) atoms. The van der Waals surface area contributed by atoms with Gasteiger partial charge in [0, 0.05) is 12.6 Å². The van der Waals surface area contributed by atoms with Gasteiger partial charge in [0.05, 0.1) is 22.2 Å². The van der Waals surface area contributed by atoms with Gasteiger partial charge in [-0.15, -0.1) is 0 Å². The Morgan fingerprint density at radius 2 is 1.67 bits per heavy atom. The van der Waals surface area contributed by atoms with Crippen molar-refractivity contribution in [3.63, 3.8) is 0 Å². The quantitative estimate of drug-likeness (QED) is 0.551. The van der Waals surface area contributed by atoms with Gasteiger partial charge in [0.1, 0.15) is 11.6 Å². The van der Waals surface area contributed by atoms with Crippen molar-refractivity contribution in [1.82, 2.24) is 4.90 Å². The average Bonchev–Trinajstić information content (AvgIpc) is 2.83. The topological polar surface area (TPSA) is 46.6 Å². The number of amides is 2. The van der Waals surface area contributed by atoms with Gasteiger partial charge < -0.3 is 4.74 Å². The zero-order chi connectivity index (χ0) is 17.1. The van der Waals surface area contributed by atoms with E-state index in [-0.39, 0.29) is 17.6 Å². The maximum atomic E-state index is 13.4. The lowest BCUT2D eigenvalue weighted by Gasteiger charge is -2.13. The van der Waals surface area contributed by atoms with Crippen LogP contribution in [-0.2, 0) is 0 Å². The van der Waals surface area contributed by atoms with Crippen molar-refractivity contribution in [2.45, 2.75) is 12.8 Å². The lowest BCUT2D eigenvalue weighted by Crippen LogP contribution is -2.30. The van der Waals surface area contributed by atoms with Crippen LogP contribution in [0, 0.1) is 5.82 Å². The van der Waals surface area contributed by atoms with Gasteiger partial charge in [0.25, 0.3) is 11.8 Å². The maximum absolute atomic E-state index is 13.4. The van der Waals surface area contributed by atoms with Crippen LogP contribution in [-0.4, -0.2) is 29.9 Å². The van der Waals surface area contributed by atoms with E-state index in [2.05, 4.69) is 15.9 Å². The Hall–Kier alpha value is -2.21. The summed E-state index contributed by atoms with van der Waals surface area (Å²) in [7, 11) is 0. The van der Waals surface area contributed by atoms with Crippen molar-refractivity contribution in [3.05, 3.63) is 63.9 Å². The van der Waals surface area contributed by atoms with E-state index in [9.17, 15) is 14.0 Å². The molecule has 0 aliphatic carbocycles. The van der Waals surface area contributed by atoms with Gasteiger partial charge >= 0.3 is 0 Å². The lowest BCUT2D eigenvalue weighted by atomic mass is 10.1.